The molecule has 0 radical (unpaired) electrons. The first kappa shape index (κ1) is 12.0. The number of rotatable bonds is 6. The van der Waals surface area contributed by atoms with Crippen LogP contribution in [0.25, 0.3) is 0 Å². The van der Waals surface area contributed by atoms with Gasteiger partial charge in [0, 0.05) is 18.9 Å². The van der Waals surface area contributed by atoms with Gasteiger partial charge in [0.25, 0.3) is 0 Å². The number of nitrogens with zero attached hydrogens (tertiary/aromatic N) is 1. The number of methoxy groups -OCH3 is 1. The molecule has 0 atom stereocenters. The normalized spacial score (nSPS) is 10.2. The highest BCUT2D eigenvalue weighted by atomic mass is 32.1. The zero-order valence-corrected chi connectivity index (χ0v) is 9.42. The SMILES string of the molecule is COCCOCc1cccnc1C(N)=S. The summed E-state index contributed by atoms with van der Waals surface area (Å²) in [7, 11) is 1.63. The Labute approximate surface area is 94.4 Å². The van der Waals surface area contributed by atoms with Crippen molar-refractivity contribution in [2.45, 2.75) is 6.61 Å². The second-order valence-corrected chi connectivity index (χ2v) is 3.36. The molecule has 82 valence electrons. The summed E-state index contributed by atoms with van der Waals surface area (Å²) in [6, 6.07) is 3.73. The van der Waals surface area contributed by atoms with Crippen molar-refractivity contribution in [3.8, 4) is 0 Å². The zero-order chi connectivity index (χ0) is 11.1. The molecule has 0 fully saturated rings. The Morgan fingerprint density at radius 3 is 3.00 bits per heavy atom. The van der Waals surface area contributed by atoms with Gasteiger partial charge in [-0.15, -0.1) is 0 Å². The smallest absolute Gasteiger partial charge is 0.123 e. The van der Waals surface area contributed by atoms with Crippen molar-refractivity contribution in [2.75, 3.05) is 20.3 Å². The summed E-state index contributed by atoms with van der Waals surface area (Å²) < 4.78 is 10.2. The number of pyridine rings is 1. The van der Waals surface area contributed by atoms with E-state index in [1.807, 2.05) is 12.1 Å². The average Bonchev–Trinajstić information content (AvgIpc) is 2.25. The topological polar surface area (TPSA) is 57.4 Å². The molecule has 0 amide bonds. The van der Waals surface area contributed by atoms with Gasteiger partial charge in [0.05, 0.1) is 19.8 Å². The van der Waals surface area contributed by atoms with Gasteiger partial charge in [-0.1, -0.05) is 18.3 Å². The minimum absolute atomic E-state index is 0.293. The van der Waals surface area contributed by atoms with E-state index >= 15 is 0 Å². The number of hydrogen-bond acceptors (Lipinski definition) is 4. The summed E-state index contributed by atoms with van der Waals surface area (Å²) in [5, 5.41) is 0. The van der Waals surface area contributed by atoms with Crippen LogP contribution in [0.15, 0.2) is 18.3 Å². The lowest BCUT2D eigenvalue weighted by atomic mass is 10.2. The molecule has 0 spiro atoms. The van der Waals surface area contributed by atoms with E-state index in [0.717, 1.165) is 5.56 Å². The maximum absolute atomic E-state index is 5.53. The minimum Gasteiger partial charge on any atom is -0.388 e. The number of ether oxygens (including phenoxy) is 2. The Morgan fingerprint density at radius 1 is 1.53 bits per heavy atom. The molecule has 1 aromatic rings. The Bertz CT molecular complexity index is 331. The zero-order valence-electron chi connectivity index (χ0n) is 8.60. The molecule has 0 saturated heterocycles. The number of thiocarbonyl (C=S) groups is 1. The fraction of sp³-hybridized carbons (Fsp3) is 0.400. The van der Waals surface area contributed by atoms with Crippen LogP contribution in [0.4, 0.5) is 0 Å². The highest BCUT2D eigenvalue weighted by Crippen LogP contribution is 2.06. The average molecular weight is 226 g/mol. The van der Waals surface area contributed by atoms with Gasteiger partial charge in [-0.2, -0.15) is 0 Å². The molecule has 1 heterocycles. The third kappa shape index (κ3) is 3.91. The summed E-state index contributed by atoms with van der Waals surface area (Å²) in [5.41, 5.74) is 7.07. The van der Waals surface area contributed by atoms with Crippen molar-refractivity contribution in [3.63, 3.8) is 0 Å². The van der Waals surface area contributed by atoms with Gasteiger partial charge in [-0.3, -0.25) is 4.98 Å². The Hall–Kier alpha value is -1.04. The van der Waals surface area contributed by atoms with Gasteiger partial charge in [-0.25, -0.2) is 0 Å². The van der Waals surface area contributed by atoms with Gasteiger partial charge in [0.2, 0.25) is 0 Å². The van der Waals surface area contributed by atoms with Crippen molar-refractivity contribution in [1.82, 2.24) is 4.98 Å². The third-order valence-corrected chi connectivity index (χ3v) is 2.01. The Balaban J connectivity index is 2.56. The van der Waals surface area contributed by atoms with Crippen LogP contribution in [0.3, 0.4) is 0 Å². The summed E-state index contributed by atoms with van der Waals surface area (Å²) in [4.78, 5) is 4.39. The maximum Gasteiger partial charge on any atom is 0.123 e. The van der Waals surface area contributed by atoms with E-state index in [9.17, 15) is 0 Å². The lowest BCUT2D eigenvalue weighted by molar-refractivity contribution is 0.0615. The molecule has 0 unspecified atom stereocenters. The first-order chi connectivity index (χ1) is 7.25. The van der Waals surface area contributed by atoms with Crippen molar-refractivity contribution >= 4 is 17.2 Å². The summed E-state index contributed by atoms with van der Waals surface area (Å²) in [6.45, 7) is 1.56. The van der Waals surface area contributed by atoms with Gasteiger partial charge < -0.3 is 15.2 Å². The van der Waals surface area contributed by atoms with Gasteiger partial charge in [0.1, 0.15) is 10.7 Å². The lowest BCUT2D eigenvalue weighted by Crippen LogP contribution is -2.15. The Kier molecular flexibility index (Phi) is 5.17. The fourth-order valence-corrected chi connectivity index (χ4v) is 1.29. The first-order valence-electron chi connectivity index (χ1n) is 4.56. The fourth-order valence-electron chi connectivity index (χ4n) is 1.10. The molecule has 0 aliphatic heterocycles. The van der Waals surface area contributed by atoms with Crippen LogP contribution >= 0.6 is 12.2 Å². The molecular weight excluding hydrogens is 212 g/mol. The van der Waals surface area contributed by atoms with E-state index in [2.05, 4.69) is 4.98 Å². The molecule has 1 aromatic heterocycles. The quantitative estimate of drug-likeness (QED) is 0.576. The molecule has 0 aliphatic rings. The van der Waals surface area contributed by atoms with Crippen LogP contribution in [-0.4, -0.2) is 30.3 Å². The van der Waals surface area contributed by atoms with Gasteiger partial charge >= 0.3 is 0 Å². The minimum atomic E-state index is 0.293. The summed E-state index contributed by atoms with van der Waals surface area (Å²) in [5.74, 6) is 0. The molecule has 0 aromatic carbocycles. The van der Waals surface area contributed by atoms with Crippen LogP contribution in [-0.2, 0) is 16.1 Å². The number of hydrogen-bond donors (Lipinski definition) is 1. The highest BCUT2D eigenvalue weighted by molar-refractivity contribution is 7.80. The molecule has 5 heteroatoms. The molecule has 0 saturated carbocycles. The van der Waals surface area contributed by atoms with Gasteiger partial charge in [-0.05, 0) is 6.07 Å². The Morgan fingerprint density at radius 2 is 2.33 bits per heavy atom. The summed E-state index contributed by atoms with van der Waals surface area (Å²) in [6.07, 6.45) is 1.66. The van der Waals surface area contributed by atoms with Crippen LogP contribution in [0.5, 0.6) is 0 Å². The molecule has 1 rings (SSSR count). The summed E-state index contributed by atoms with van der Waals surface area (Å²) >= 11 is 4.89. The second kappa shape index (κ2) is 6.44. The van der Waals surface area contributed by atoms with Crippen LogP contribution in [0.1, 0.15) is 11.3 Å². The molecule has 4 nitrogen and oxygen atoms in total. The third-order valence-electron chi connectivity index (χ3n) is 1.81. The van der Waals surface area contributed by atoms with Crippen LogP contribution in [0.2, 0.25) is 0 Å². The molecular formula is C10H14N2O2S. The van der Waals surface area contributed by atoms with E-state index in [4.69, 9.17) is 27.4 Å². The molecule has 0 aliphatic carbocycles. The molecule has 2 N–H and O–H groups in total. The van der Waals surface area contributed by atoms with Crippen LogP contribution < -0.4 is 5.73 Å². The van der Waals surface area contributed by atoms with Crippen molar-refractivity contribution in [3.05, 3.63) is 29.6 Å². The second-order valence-electron chi connectivity index (χ2n) is 2.92. The predicted octanol–water partition coefficient (Wildman–Crippen LogP) is 0.879. The van der Waals surface area contributed by atoms with E-state index in [1.165, 1.54) is 0 Å². The van der Waals surface area contributed by atoms with Crippen molar-refractivity contribution < 1.29 is 9.47 Å². The predicted molar refractivity (Wildman–Crippen MR) is 61.7 cm³/mol. The number of aromatic nitrogens is 1. The van der Waals surface area contributed by atoms with Crippen molar-refractivity contribution in [2.24, 2.45) is 5.73 Å². The van der Waals surface area contributed by atoms with E-state index < -0.39 is 0 Å². The van der Waals surface area contributed by atoms with E-state index in [1.54, 1.807) is 13.3 Å². The van der Waals surface area contributed by atoms with E-state index in [0.29, 0.717) is 30.5 Å². The van der Waals surface area contributed by atoms with E-state index in [-0.39, 0.29) is 0 Å². The van der Waals surface area contributed by atoms with Crippen molar-refractivity contribution in [1.29, 1.82) is 0 Å². The first-order valence-corrected chi connectivity index (χ1v) is 4.97. The monoisotopic (exact) mass is 226 g/mol. The molecule has 0 bridgehead atoms. The standard InChI is InChI=1S/C10H14N2O2S/c1-13-5-6-14-7-8-3-2-4-12-9(8)10(11)15/h2-4H,5-7H2,1H3,(H2,11,15). The largest absolute Gasteiger partial charge is 0.388 e. The number of nitrogens with two attached hydrogens (primary N) is 1. The lowest BCUT2D eigenvalue weighted by Gasteiger charge is -2.07. The molecule has 15 heavy (non-hydrogen) atoms. The van der Waals surface area contributed by atoms with Crippen LogP contribution in [0, 0.1) is 0 Å². The maximum atomic E-state index is 5.53. The highest BCUT2D eigenvalue weighted by Gasteiger charge is 2.05. The van der Waals surface area contributed by atoms with Gasteiger partial charge in [0.15, 0.2) is 0 Å².